The zero-order valence-electron chi connectivity index (χ0n) is 13.9. The number of piperidine rings is 1. The first-order valence-electron chi connectivity index (χ1n) is 8.83. The predicted molar refractivity (Wildman–Crippen MR) is 90.2 cm³/mol. The number of hydrogen-bond acceptors (Lipinski definition) is 2. The summed E-state index contributed by atoms with van der Waals surface area (Å²) < 4.78 is 0. The fourth-order valence-corrected chi connectivity index (χ4v) is 3.33. The molecule has 1 aliphatic carbocycles. The van der Waals surface area contributed by atoms with E-state index in [0.717, 1.165) is 50.8 Å². The van der Waals surface area contributed by atoms with Gasteiger partial charge in [0.1, 0.15) is 0 Å². The molecule has 124 valence electrons. The normalized spacial score (nSPS) is 18.7. The van der Waals surface area contributed by atoms with Crippen LogP contribution in [0.15, 0.2) is 24.3 Å². The highest BCUT2D eigenvalue weighted by molar-refractivity contribution is 5.94. The lowest BCUT2D eigenvalue weighted by atomic mass is 9.89. The first-order chi connectivity index (χ1) is 11.2. The third-order valence-electron chi connectivity index (χ3n) is 4.93. The van der Waals surface area contributed by atoms with Crippen molar-refractivity contribution in [3.8, 4) is 0 Å². The Morgan fingerprint density at radius 1 is 1.09 bits per heavy atom. The van der Waals surface area contributed by atoms with E-state index in [0.29, 0.717) is 24.3 Å². The summed E-state index contributed by atoms with van der Waals surface area (Å²) in [6, 6.07) is 7.94. The van der Waals surface area contributed by atoms with E-state index in [4.69, 9.17) is 0 Å². The number of carbonyl (C=O) groups excluding carboxylic acids is 2. The largest absolute Gasteiger partial charge is 0.352 e. The second kappa shape index (κ2) is 7.16. The zero-order chi connectivity index (χ0) is 16.2. The lowest BCUT2D eigenvalue weighted by molar-refractivity contribution is -0.133. The molecule has 3 rings (SSSR count). The lowest BCUT2D eigenvalue weighted by Gasteiger charge is -2.32. The van der Waals surface area contributed by atoms with Crippen molar-refractivity contribution in [1.29, 1.82) is 0 Å². The van der Waals surface area contributed by atoms with Crippen molar-refractivity contribution < 1.29 is 9.59 Å². The number of carbonyl (C=O) groups is 2. The Bertz CT molecular complexity index is 555. The van der Waals surface area contributed by atoms with Crippen molar-refractivity contribution in [1.82, 2.24) is 10.2 Å². The van der Waals surface area contributed by atoms with Gasteiger partial charge in [-0.25, -0.2) is 0 Å². The van der Waals surface area contributed by atoms with E-state index in [9.17, 15) is 9.59 Å². The van der Waals surface area contributed by atoms with Crippen LogP contribution in [0.25, 0.3) is 0 Å². The molecule has 1 N–H and O–H groups in total. The SMILES string of the molecule is CCNC(=O)c1ccc(CC2CCN(C(=O)C3CC3)CC2)cc1. The van der Waals surface area contributed by atoms with Gasteiger partial charge in [0, 0.05) is 31.1 Å². The summed E-state index contributed by atoms with van der Waals surface area (Å²) >= 11 is 0. The standard InChI is InChI=1S/C19H26N2O2/c1-2-20-18(22)16-5-3-14(4-6-16)13-15-9-11-21(12-10-15)19(23)17-7-8-17/h3-6,15,17H,2,7-13H2,1H3,(H,20,22). The number of likely N-dealkylation sites (tertiary alicyclic amines) is 1. The van der Waals surface area contributed by atoms with Gasteiger partial charge < -0.3 is 10.2 Å². The maximum atomic E-state index is 12.1. The summed E-state index contributed by atoms with van der Waals surface area (Å²) in [5.41, 5.74) is 2.01. The molecule has 2 amide bonds. The Morgan fingerprint density at radius 3 is 2.30 bits per heavy atom. The van der Waals surface area contributed by atoms with Crippen LogP contribution in [0.5, 0.6) is 0 Å². The third-order valence-corrected chi connectivity index (χ3v) is 4.93. The van der Waals surface area contributed by atoms with Crippen molar-refractivity contribution in [2.24, 2.45) is 11.8 Å². The van der Waals surface area contributed by atoms with E-state index in [-0.39, 0.29) is 5.91 Å². The first-order valence-corrected chi connectivity index (χ1v) is 8.83. The summed E-state index contributed by atoms with van der Waals surface area (Å²) in [5.74, 6) is 1.36. The van der Waals surface area contributed by atoms with E-state index in [2.05, 4.69) is 22.3 Å². The van der Waals surface area contributed by atoms with Gasteiger partial charge in [0.15, 0.2) is 0 Å². The third kappa shape index (κ3) is 4.12. The van der Waals surface area contributed by atoms with Crippen LogP contribution in [0.1, 0.15) is 48.5 Å². The molecule has 2 aliphatic rings. The maximum Gasteiger partial charge on any atom is 0.251 e. The first kappa shape index (κ1) is 16.0. The van der Waals surface area contributed by atoms with Gasteiger partial charge in [-0.1, -0.05) is 12.1 Å². The molecule has 1 saturated heterocycles. The van der Waals surface area contributed by atoms with Gasteiger partial charge in [-0.2, -0.15) is 0 Å². The number of nitrogens with one attached hydrogen (secondary N) is 1. The van der Waals surface area contributed by atoms with Crippen LogP contribution in [0.2, 0.25) is 0 Å². The summed E-state index contributed by atoms with van der Waals surface area (Å²) in [5, 5.41) is 2.82. The van der Waals surface area contributed by atoms with E-state index in [1.807, 2.05) is 19.1 Å². The molecule has 0 radical (unpaired) electrons. The Balaban J connectivity index is 1.48. The smallest absolute Gasteiger partial charge is 0.251 e. The van der Waals surface area contributed by atoms with E-state index < -0.39 is 0 Å². The molecule has 1 aromatic rings. The number of hydrogen-bond donors (Lipinski definition) is 1. The predicted octanol–water partition coefficient (Wildman–Crippen LogP) is 2.63. The van der Waals surface area contributed by atoms with Gasteiger partial charge in [0.2, 0.25) is 5.91 Å². The topological polar surface area (TPSA) is 49.4 Å². The molecule has 0 spiro atoms. The minimum Gasteiger partial charge on any atom is -0.352 e. The number of benzene rings is 1. The minimum atomic E-state index is -0.00838. The van der Waals surface area contributed by atoms with Gasteiger partial charge in [0.05, 0.1) is 0 Å². The van der Waals surface area contributed by atoms with Crippen LogP contribution >= 0.6 is 0 Å². The minimum absolute atomic E-state index is 0.00838. The molecule has 0 unspecified atom stereocenters. The van der Waals surface area contributed by atoms with Crippen LogP contribution < -0.4 is 5.32 Å². The van der Waals surface area contributed by atoms with Gasteiger partial charge in [-0.15, -0.1) is 0 Å². The van der Waals surface area contributed by atoms with Crippen LogP contribution in [-0.2, 0) is 11.2 Å². The van der Waals surface area contributed by atoms with Gasteiger partial charge in [0.25, 0.3) is 5.91 Å². The van der Waals surface area contributed by atoms with Gasteiger partial charge in [-0.05, 0) is 62.6 Å². The van der Waals surface area contributed by atoms with Crippen LogP contribution in [-0.4, -0.2) is 36.3 Å². The van der Waals surface area contributed by atoms with Gasteiger partial charge >= 0.3 is 0 Å². The van der Waals surface area contributed by atoms with Crippen molar-refractivity contribution in [2.75, 3.05) is 19.6 Å². The van der Waals surface area contributed by atoms with Crippen molar-refractivity contribution in [2.45, 2.75) is 39.0 Å². The number of amides is 2. The highest BCUT2D eigenvalue weighted by atomic mass is 16.2. The molecule has 0 atom stereocenters. The van der Waals surface area contributed by atoms with Crippen LogP contribution in [0, 0.1) is 11.8 Å². The quantitative estimate of drug-likeness (QED) is 0.908. The molecule has 0 bridgehead atoms. The summed E-state index contributed by atoms with van der Waals surface area (Å²) in [6.45, 7) is 4.40. The number of rotatable bonds is 5. The molecule has 4 heteroatoms. The Kier molecular flexibility index (Phi) is 4.99. The van der Waals surface area contributed by atoms with E-state index in [1.165, 1.54) is 5.56 Å². The van der Waals surface area contributed by atoms with E-state index >= 15 is 0 Å². The molecule has 0 aromatic heterocycles. The van der Waals surface area contributed by atoms with Gasteiger partial charge in [-0.3, -0.25) is 9.59 Å². The molecule has 1 heterocycles. The lowest BCUT2D eigenvalue weighted by Crippen LogP contribution is -2.39. The van der Waals surface area contributed by atoms with Crippen molar-refractivity contribution >= 4 is 11.8 Å². The molecule has 4 nitrogen and oxygen atoms in total. The molecule has 1 saturated carbocycles. The Hall–Kier alpha value is -1.84. The second-order valence-electron chi connectivity index (χ2n) is 6.80. The summed E-state index contributed by atoms with van der Waals surface area (Å²) in [6.07, 6.45) is 5.42. The van der Waals surface area contributed by atoms with Crippen LogP contribution in [0.4, 0.5) is 0 Å². The second-order valence-corrected chi connectivity index (χ2v) is 6.80. The molecule has 1 aromatic carbocycles. The highest BCUT2D eigenvalue weighted by Gasteiger charge is 2.34. The average Bonchev–Trinajstić information content (AvgIpc) is 3.41. The molecule has 2 fully saturated rings. The van der Waals surface area contributed by atoms with E-state index in [1.54, 1.807) is 0 Å². The average molecular weight is 314 g/mol. The molecule has 23 heavy (non-hydrogen) atoms. The fraction of sp³-hybridized carbons (Fsp3) is 0.579. The zero-order valence-corrected chi connectivity index (χ0v) is 13.9. The monoisotopic (exact) mass is 314 g/mol. The fourth-order valence-electron chi connectivity index (χ4n) is 3.33. The Labute approximate surface area is 138 Å². The highest BCUT2D eigenvalue weighted by Crippen LogP contribution is 2.32. The Morgan fingerprint density at radius 2 is 1.74 bits per heavy atom. The molecular formula is C19H26N2O2. The summed E-state index contributed by atoms with van der Waals surface area (Å²) in [4.78, 5) is 25.9. The van der Waals surface area contributed by atoms with Crippen molar-refractivity contribution in [3.63, 3.8) is 0 Å². The molecular weight excluding hydrogens is 288 g/mol. The van der Waals surface area contributed by atoms with Crippen LogP contribution in [0.3, 0.4) is 0 Å². The number of nitrogens with zero attached hydrogens (tertiary/aromatic N) is 1. The van der Waals surface area contributed by atoms with Crippen molar-refractivity contribution in [3.05, 3.63) is 35.4 Å². The summed E-state index contributed by atoms with van der Waals surface area (Å²) in [7, 11) is 0. The molecule has 1 aliphatic heterocycles. The maximum absolute atomic E-state index is 12.1.